The van der Waals surface area contributed by atoms with E-state index in [0.29, 0.717) is 11.7 Å². The van der Waals surface area contributed by atoms with E-state index in [1.165, 1.54) is 0 Å². The number of aryl methyl sites for hydroxylation is 2. The highest BCUT2D eigenvalue weighted by Gasteiger charge is 2.27. The van der Waals surface area contributed by atoms with Gasteiger partial charge in [-0.2, -0.15) is 0 Å². The van der Waals surface area contributed by atoms with Crippen molar-refractivity contribution in [3.05, 3.63) is 33.7 Å². The number of hydrogen-bond donors (Lipinski definition) is 1. The zero-order valence-corrected chi connectivity index (χ0v) is 12.6. The van der Waals surface area contributed by atoms with E-state index in [4.69, 9.17) is 0 Å². The lowest BCUT2D eigenvalue weighted by Crippen LogP contribution is -2.27. The van der Waals surface area contributed by atoms with Crippen LogP contribution in [0.5, 0.6) is 0 Å². The topological polar surface area (TPSA) is 46.4 Å². The minimum atomic E-state index is -0.00986. The average molecular weight is 322 g/mol. The molecule has 0 aliphatic heterocycles. The first-order valence-electron chi connectivity index (χ1n) is 6.58. The summed E-state index contributed by atoms with van der Waals surface area (Å²) in [5.74, 6) is -0.00986. The van der Waals surface area contributed by atoms with Gasteiger partial charge < -0.3 is 5.32 Å². The number of carbonyl (C=O) groups is 1. The minimum Gasteiger partial charge on any atom is -0.348 e. The van der Waals surface area contributed by atoms with Crippen molar-refractivity contribution in [2.45, 2.75) is 39.2 Å². The molecule has 19 heavy (non-hydrogen) atoms. The van der Waals surface area contributed by atoms with Crippen molar-refractivity contribution in [3.8, 4) is 0 Å². The third-order valence-electron chi connectivity index (χ3n) is 3.41. The molecule has 1 aliphatic carbocycles. The second-order valence-corrected chi connectivity index (χ2v) is 5.96. The number of halogens is 1. The Hall–Kier alpha value is -1.36. The Morgan fingerprint density at radius 2 is 2.32 bits per heavy atom. The summed E-state index contributed by atoms with van der Waals surface area (Å²) in [6, 6.07) is 2.38. The Balaban J connectivity index is 2.16. The summed E-state index contributed by atoms with van der Waals surface area (Å²) in [5.41, 5.74) is 3.46. The average Bonchev–Trinajstić information content (AvgIpc) is 3.07. The molecule has 1 aliphatic rings. The van der Waals surface area contributed by atoms with Gasteiger partial charge in [0.25, 0.3) is 5.91 Å². The Morgan fingerprint density at radius 3 is 2.95 bits per heavy atom. The van der Waals surface area contributed by atoms with Gasteiger partial charge in [0, 0.05) is 16.7 Å². The van der Waals surface area contributed by atoms with Crippen LogP contribution in [-0.4, -0.2) is 21.3 Å². The maximum atomic E-state index is 12.4. The summed E-state index contributed by atoms with van der Waals surface area (Å²) in [5, 5.41) is 3.05. The van der Waals surface area contributed by atoms with E-state index in [0.717, 1.165) is 40.6 Å². The second kappa shape index (κ2) is 4.63. The Bertz CT molecular complexity index is 658. The van der Waals surface area contributed by atoms with Crippen LogP contribution in [0, 0.1) is 6.92 Å². The first-order valence-corrected chi connectivity index (χ1v) is 7.37. The summed E-state index contributed by atoms with van der Waals surface area (Å²) in [6.07, 6.45) is 4.85. The van der Waals surface area contributed by atoms with E-state index in [9.17, 15) is 4.79 Å². The Kier molecular flexibility index (Phi) is 3.09. The number of hydrogen-bond acceptors (Lipinski definition) is 2. The van der Waals surface area contributed by atoms with Gasteiger partial charge in [0.1, 0.15) is 11.3 Å². The van der Waals surface area contributed by atoms with Gasteiger partial charge in [0.2, 0.25) is 0 Å². The van der Waals surface area contributed by atoms with Crippen molar-refractivity contribution >= 4 is 27.5 Å². The van der Waals surface area contributed by atoms with Crippen molar-refractivity contribution in [2.75, 3.05) is 0 Å². The van der Waals surface area contributed by atoms with Gasteiger partial charge >= 0.3 is 0 Å². The van der Waals surface area contributed by atoms with Gasteiger partial charge in [-0.1, -0.05) is 6.92 Å². The fraction of sp³-hybridized carbons (Fsp3) is 0.429. The van der Waals surface area contributed by atoms with Crippen LogP contribution < -0.4 is 5.32 Å². The highest BCUT2D eigenvalue weighted by molar-refractivity contribution is 9.10. The fourth-order valence-electron chi connectivity index (χ4n) is 2.28. The van der Waals surface area contributed by atoms with E-state index in [1.807, 2.05) is 30.5 Å². The quantitative estimate of drug-likeness (QED) is 0.944. The molecule has 100 valence electrons. The summed E-state index contributed by atoms with van der Waals surface area (Å²) in [6.45, 7) is 4.04. The smallest absolute Gasteiger partial charge is 0.270 e. The Labute approximate surface area is 120 Å². The monoisotopic (exact) mass is 321 g/mol. The molecule has 1 amide bonds. The number of nitrogens with zero attached hydrogens (tertiary/aromatic N) is 2. The molecule has 0 aromatic carbocycles. The van der Waals surface area contributed by atoms with Crippen LogP contribution in [0.25, 0.3) is 5.65 Å². The van der Waals surface area contributed by atoms with E-state index in [-0.39, 0.29) is 5.91 Å². The predicted molar refractivity (Wildman–Crippen MR) is 77.5 cm³/mol. The van der Waals surface area contributed by atoms with Gasteiger partial charge in [0.15, 0.2) is 0 Å². The number of imidazole rings is 1. The molecule has 0 spiro atoms. The van der Waals surface area contributed by atoms with E-state index in [2.05, 4.69) is 26.2 Å². The number of nitrogens with one attached hydrogen (secondary N) is 1. The molecule has 0 unspecified atom stereocenters. The van der Waals surface area contributed by atoms with Crippen LogP contribution in [0.2, 0.25) is 0 Å². The molecule has 1 fully saturated rings. The van der Waals surface area contributed by atoms with E-state index in [1.54, 1.807) is 0 Å². The fourth-order valence-corrected chi connectivity index (χ4v) is 2.83. The highest BCUT2D eigenvalue weighted by Crippen LogP contribution is 2.23. The molecular formula is C14H16BrN3O. The largest absolute Gasteiger partial charge is 0.348 e. The molecule has 2 heterocycles. The van der Waals surface area contributed by atoms with Crippen LogP contribution in [0.4, 0.5) is 0 Å². The van der Waals surface area contributed by atoms with Gasteiger partial charge in [0.05, 0.1) is 5.69 Å². The normalized spacial score (nSPS) is 14.9. The maximum Gasteiger partial charge on any atom is 0.270 e. The van der Waals surface area contributed by atoms with Crippen LogP contribution in [-0.2, 0) is 6.42 Å². The molecule has 1 saturated carbocycles. The number of aromatic nitrogens is 2. The number of pyridine rings is 1. The molecule has 1 N–H and O–H groups in total. The first-order chi connectivity index (χ1) is 9.10. The van der Waals surface area contributed by atoms with Gasteiger partial charge in [-0.05, 0) is 53.7 Å². The molecule has 0 atom stereocenters. The van der Waals surface area contributed by atoms with Crippen molar-refractivity contribution < 1.29 is 4.79 Å². The Morgan fingerprint density at radius 1 is 1.58 bits per heavy atom. The molecule has 3 rings (SSSR count). The van der Waals surface area contributed by atoms with Gasteiger partial charge in [-0.15, -0.1) is 0 Å². The van der Waals surface area contributed by atoms with Crippen molar-refractivity contribution in [1.82, 2.24) is 14.7 Å². The van der Waals surface area contributed by atoms with Crippen molar-refractivity contribution in [2.24, 2.45) is 0 Å². The van der Waals surface area contributed by atoms with Gasteiger partial charge in [-0.3, -0.25) is 9.20 Å². The number of amides is 1. The molecule has 0 bridgehead atoms. The SMILES string of the molecule is CCc1nc2c(C)cc(Br)cn2c1C(=O)NC1CC1. The number of fused-ring (bicyclic) bond motifs is 1. The third-order valence-corrected chi connectivity index (χ3v) is 3.84. The highest BCUT2D eigenvalue weighted by atomic mass is 79.9. The predicted octanol–water partition coefficient (Wildman–Crippen LogP) is 2.86. The third kappa shape index (κ3) is 2.27. The number of rotatable bonds is 3. The minimum absolute atomic E-state index is 0.00986. The van der Waals surface area contributed by atoms with E-state index >= 15 is 0 Å². The van der Waals surface area contributed by atoms with Crippen molar-refractivity contribution in [1.29, 1.82) is 0 Å². The molecule has 2 aromatic rings. The van der Waals surface area contributed by atoms with Crippen LogP contribution in [0.1, 0.15) is 41.5 Å². The number of carbonyl (C=O) groups excluding carboxylic acids is 1. The molecule has 0 radical (unpaired) electrons. The molecule has 2 aromatic heterocycles. The molecule has 4 nitrogen and oxygen atoms in total. The van der Waals surface area contributed by atoms with Crippen LogP contribution in [0.15, 0.2) is 16.7 Å². The van der Waals surface area contributed by atoms with Crippen LogP contribution >= 0.6 is 15.9 Å². The summed E-state index contributed by atoms with van der Waals surface area (Å²) < 4.78 is 2.86. The van der Waals surface area contributed by atoms with Gasteiger partial charge in [-0.25, -0.2) is 4.98 Å². The molecular weight excluding hydrogens is 306 g/mol. The summed E-state index contributed by atoms with van der Waals surface area (Å²) >= 11 is 3.48. The molecule has 5 heteroatoms. The van der Waals surface area contributed by atoms with Crippen LogP contribution in [0.3, 0.4) is 0 Å². The zero-order chi connectivity index (χ0) is 13.6. The second-order valence-electron chi connectivity index (χ2n) is 5.04. The summed E-state index contributed by atoms with van der Waals surface area (Å²) in [7, 11) is 0. The molecule has 0 saturated heterocycles. The maximum absolute atomic E-state index is 12.4. The lowest BCUT2D eigenvalue weighted by Gasteiger charge is -2.06. The lowest BCUT2D eigenvalue weighted by molar-refractivity contribution is 0.0944. The van der Waals surface area contributed by atoms with Crippen molar-refractivity contribution in [3.63, 3.8) is 0 Å². The summed E-state index contributed by atoms with van der Waals surface area (Å²) in [4.78, 5) is 17.0. The lowest BCUT2D eigenvalue weighted by atomic mass is 10.2. The first kappa shape index (κ1) is 12.7. The van der Waals surface area contributed by atoms with E-state index < -0.39 is 0 Å². The zero-order valence-electron chi connectivity index (χ0n) is 11.0. The standard InChI is InChI=1S/C14H16BrN3O/c1-3-11-12(14(19)16-10-4-5-10)18-7-9(15)6-8(2)13(18)17-11/h6-7,10H,3-5H2,1-2H3,(H,16,19).